The Morgan fingerprint density at radius 1 is 0.517 bits per heavy atom. The smallest absolute Gasteiger partial charge is 0.135 e. The van der Waals surface area contributed by atoms with E-state index in [2.05, 4.69) is 98.5 Å². The number of fused-ring (bicyclic) bond motifs is 3. The van der Waals surface area contributed by atoms with E-state index in [-0.39, 0.29) is 0 Å². The zero-order chi connectivity index (χ0) is 20.0. The second-order valence-corrected chi connectivity index (χ2v) is 13.8. The van der Waals surface area contributed by atoms with Crippen molar-refractivity contribution in [1.29, 1.82) is 0 Å². The summed E-state index contributed by atoms with van der Waals surface area (Å²) >= 11 is 0. The van der Waals surface area contributed by atoms with Crippen molar-refractivity contribution >= 4 is 35.2 Å². The fourth-order valence-electron chi connectivity index (χ4n) is 3.92. The Bertz CT molecular complexity index is 1300. The predicted octanol–water partition coefficient (Wildman–Crippen LogP) is 7.47. The highest BCUT2D eigenvalue weighted by Gasteiger charge is 2.15. The molecule has 0 atom stereocenters. The van der Waals surface area contributed by atoms with Gasteiger partial charge < -0.3 is 4.42 Å². The Hall–Kier alpha value is -3.10. The molecule has 5 rings (SSSR count). The molecule has 142 valence electrons. The lowest BCUT2D eigenvalue weighted by atomic mass is 9.99. The minimum absolute atomic E-state index is 0.939. The highest BCUT2D eigenvalue weighted by molar-refractivity contribution is 6.88. The van der Waals surface area contributed by atoms with Crippen molar-refractivity contribution in [3.63, 3.8) is 0 Å². The first kappa shape index (κ1) is 18.0. The van der Waals surface area contributed by atoms with Crippen molar-refractivity contribution in [2.24, 2.45) is 0 Å². The largest absolute Gasteiger partial charge is 0.456 e. The van der Waals surface area contributed by atoms with Crippen molar-refractivity contribution in [1.82, 2.24) is 0 Å². The van der Waals surface area contributed by atoms with Gasteiger partial charge in [0.25, 0.3) is 0 Å². The molecule has 0 radical (unpaired) electrons. The van der Waals surface area contributed by atoms with Crippen LogP contribution >= 0.6 is 0 Å². The molecule has 0 spiro atoms. The van der Waals surface area contributed by atoms with Gasteiger partial charge in [0, 0.05) is 10.8 Å². The third-order valence-electron chi connectivity index (χ3n) is 5.68. The maximum absolute atomic E-state index is 5.96. The number of furan rings is 1. The van der Waals surface area contributed by atoms with E-state index in [4.69, 9.17) is 4.42 Å². The molecule has 0 N–H and O–H groups in total. The van der Waals surface area contributed by atoms with Crippen LogP contribution in [0, 0.1) is 0 Å². The summed E-state index contributed by atoms with van der Waals surface area (Å²) in [5.74, 6) is 0. The standard InChI is InChI=1S/C27H24OSi/c1-29(2,3)23-15-12-20(13-16-23)19-8-10-21(11-9-19)22-14-17-27-25(18-22)24-6-4-5-7-26(24)28-27/h4-18H,1-3H3. The fraction of sp³-hybridized carbons (Fsp3) is 0.111. The molecule has 4 aromatic carbocycles. The van der Waals surface area contributed by atoms with Gasteiger partial charge in [0.05, 0.1) is 8.07 Å². The molecule has 0 bridgehead atoms. The maximum atomic E-state index is 5.96. The molecule has 2 heteroatoms. The van der Waals surface area contributed by atoms with Crippen molar-refractivity contribution in [2.75, 3.05) is 0 Å². The molecule has 0 aliphatic carbocycles. The van der Waals surface area contributed by atoms with Crippen LogP contribution in [0.15, 0.2) is 95.4 Å². The molecule has 1 nitrogen and oxygen atoms in total. The molecule has 0 saturated heterocycles. The van der Waals surface area contributed by atoms with E-state index >= 15 is 0 Å². The van der Waals surface area contributed by atoms with Gasteiger partial charge in [0.15, 0.2) is 0 Å². The summed E-state index contributed by atoms with van der Waals surface area (Å²) in [5, 5.41) is 3.84. The number of rotatable bonds is 3. The Balaban J connectivity index is 1.49. The number of hydrogen-bond acceptors (Lipinski definition) is 1. The molecule has 0 unspecified atom stereocenters. The van der Waals surface area contributed by atoms with Gasteiger partial charge >= 0.3 is 0 Å². The molecule has 0 fully saturated rings. The summed E-state index contributed by atoms with van der Waals surface area (Å²) in [6.07, 6.45) is 0. The molecule has 0 amide bonds. The first-order valence-corrected chi connectivity index (χ1v) is 13.6. The van der Waals surface area contributed by atoms with E-state index in [0.29, 0.717) is 0 Å². The third-order valence-corrected chi connectivity index (χ3v) is 7.74. The Morgan fingerprint density at radius 2 is 1.03 bits per heavy atom. The fourth-order valence-corrected chi connectivity index (χ4v) is 5.09. The van der Waals surface area contributed by atoms with Crippen molar-refractivity contribution in [3.8, 4) is 22.3 Å². The summed E-state index contributed by atoms with van der Waals surface area (Å²) < 4.78 is 5.96. The second kappa shape index (κ2) is 6.75. The van der Waals surface area contributed by atoms with Gasteiger partial charge in [-0.1, -0.05) is 97.6 Å². The van der Waals surface area contributed by atoms with Crippen LogP contribution in [0.1, 0.15) is 0 Å². The quantitative estimate of drug-likeness (QED) is 0.290. The molecular weight excluding hydrogens is 368 g/mol. The lowest BCUT2D eigenvalue weighted by molar-refractivity contribution is 0.669. The molecule has 1 aromatic heterocycles. The van der Waals surface area contributed by atoms with Crippen LogP contribution in [0.3, 0.4) is 0 Å². The summed E-state index contributed by atoms with van der Waals surface area (Å²) in [6, 6.07) is 32.7. The predicted molar refractivity (Wildman–Crippen MR) is 128 cm³/mol. The van der Waals surface area contributed by atoms with Gasteiger partial charge in [0.2, 0.25) is 0 Å². The molecule has 0 aliphatic rings. The third kappa shape index (κ3) is 3.30. The first-order valence-electron chi connectivity index (χ1n) is 10.1. The topological polar surface area (TPSA) is 13.1 Å². The lowest BCUT2D eigenvalue weighted by Crippen LogP contribution is -2.37. The second-order valence-electron chi connectivity index (χ2n) is 8.71. The van der Waals surface area contributed by atoms with Crippen molar-refractivity contribution in [2.45, 2.75) is 19.6 Å². The van der Waals surface area contributed by atoms with Gasteiger partial charge in [-0.3, -0.25) is 0 Å². The lowest BCUT2D eigenvalue weighted by Gasteiger charge is -2.16. The summed E-state index contributed by atoms with van der Waals surface area (Å²) in [7, 11) is -1.25. The first-order chi connectivity index (χ1) is 14.0. The van der Waals surface area contributed by atoms with Crippen LogP contribution in [-0.2, 0) is 0 Å². The molecule has 0 aliphatic heterocycles. The van der Waals surface area contributed by atoms with E-state index in [1.807, 2.05) is 12.1 Å². The summed E-state index contributed by atoms with van der Waals surface area (Å²) in [4.78, 5) is 0. The van der Waals surface area contributed by atoms with Crippen molar-refractivity contribution in [3.05, 3.63) is 91.0 Å². The SMILES string of the molecule is C[Si](C)(C)c1ccc(-c2ccc(-c3ccc4oc5ccccc5c4c3)cc2)cc1. The van der Waals surface area contributed by atoms with E-state index < -0.39 is 8.07 Å². The van der Waals surface area contributed by atoms with E-state index in [0.717, 1.165) is 11.2 Å². The zero-order valence-corrected chi connectivity index (χ0v) is 18.1. The minimum atomic E-state index is -1.25. The number of benzene rings is 4. The average molecular weight is 393 g/mol. The van der Waals surface area contributed by atoms with Crippen LogP contribution in [0.5, 0.6) is 0 Å². The molecule has 29 heavy (non-hydrogen) atoms. The maximum Gasteiger partial charge on any atom is 0.135 e. The number of para-hydroxylation sites is 1. The van der Waals surface area contributed by atoms with Gasteiger partial charge in [-0.25, -0.2) is 0 Å². The highest BCUT2D eigenvalue weighted by atomic mass is 28.3. The van der Waals surface area contributed by atoms with Crippen LogP contribution in [0.2, 0.25) is 19.6 Å². The van der Waals surface area contributed by atoms with Gasteiger partial charge in [0.1, 0.15) is 11.2 Å². The van der Waals surface area contributed by atoms with Crippen molar-refractivity contribution < 1.29 is 4.42 Å². The van der Waals surface area contributed by atoms with Crippen LogP contribution in [0.4, 0.5) is 0 Å². The zero-order valence-electron chi connectivity index (χ0n) is 17.1. The van der Waals surface area contributed by atoms with E-state index in [9.17, 15) is 0 Å². The number of hydrogen-bond donors (Lipinski definition) is 0. The Morgan fingerprint density at radius 3 is 1.69 bits per heavy atom. The average Bonchev–Trinajstić information content (AvgIpc) is 3.11. The normalized spacial score (nSPS) is 12.0. The molecular formula is C27H24OSi. The van der Waals surface area contributed by atoms with Crippen LogP contribution < -0.4 is 5.19 Å². The van der Waals surface area contributed by atoms with Gasteiger partial charge in [-0.2, -0.15) is 0 Å². The highest BCUT2D eigenvalue weighted by Crippen LogP contribution is 2.33. The van der Waals surface area contributed by atoms with E-state index in [1.54, 1.807) is 0 Å². The monoisotopic (exact) mass is 392 g/mol. The van der Waals surface area contributed by atoms with Crippen LogP contribution in [0.25, 0.3) is 44.2 Å². The summed E-state index contributed by atoms with van der Waals surface area (Å²) in [5.41, 5.74) is 6.84. The van der Waals surface area contributed by atoms with Gasteiger partial charge in [-0.15, -0.1) is 0 Å². The Kier molecular flexibility index (Phi) is 4.18. The minimum Gasteiger partial charge on any atom is -0.456 e. The molecule has 1 heterocycles. The molecule has 0 saturated carbocycles. The van der Waals surface area contributed by atoms with Crippen LogP contribution in [-0.4, -0.2) is 8.07 Å². The van der Waals surface area contributed by atoms with E-state index in [1.165, 1.54) is 38.2 Å². The molecule has 5 aromatic rings. The summed E-state index contributed by atoms with van der Waals surface area (Å²) in [6.45, 7) is 7.16. The Labute approximate surface area is 172 Å². The van der Waals surface area contributed by atoms with Gasteiger partial charge in [-0.05, 0) is 40.5 Å².